The number of morpholine rings is 1. The predicted octanol–water partition coefficient (Wildman–Crippen LogP) is 3.19. The van der Waals surface area contributed by atoms with Crippen LogP contribution in [0.1, 0.15) is 55.8 Å². The number of oxazole rings is 1. The second-order valence-corrected chi connectivity index (χ2v) is 9.02. The molecule has 0 unspecified atom stereocenters. The van der Waals surface area contributed by atoms with Crippen LogP contribution in [0, 0.1) is 0 Å². The number of carbonyl (C=O) groups excluding carboxylic acids is 1. The number of amides is 1. The quantitative estimate of drug-likeness (QED) is 0.832. The Bertz CT molecular complexity index is 899. The number of para-hydroxylation sites is 1. The fourth-order valence-corrected chi connectivity index (χ4v) is 5.48. The van der Waals surface area contributed by atoms with E-state index in [2.05, 4.69) is 29.1 Å². The molecule has 0 spiro atoms. The number of rotatable bonds is 4. The second-order valence-electron chi connectivity index (χ2n) is 9.02. The molecule has 162 valence electrons. The van der Waals surface area contributed by atoms with Gasteiger partial charge in [0.05, 0.1) is 24.8 Å². The van der Waals surface area contributed by atoms with Crippen molar-refractivity contribution in [2.45, 2.75) is 69.6 Å². The molecule has 3 aliphatic heterocycles. The van der Waals surface area contributed by atoms with Crippen LogP contribution in [-0.4, -0.2) is 66.8 Å². The van der Waals surface area contributed by atoms with Crippen molar-refractivity contribution in [3.05, 3.63) is 23.8 Å². The van der Waals surface area contributed by atoms with E-state index in [1.54, 1.807) is 0 Å². The molecule has 3 saturated heterocycles. The lowest BCUT2D eigenvalue weighted by atomic mass is 9.82. The third kappa shape index (κ3) is 3.58. The minimum atomic E-state index is -0.0397. The van der Waals surface area contributed by atoms with Gasteiger partial charge in [-0.1, -0.05) is 19.4 Å². The minimum Gasteiger partial charge on any atom is -0.423 e. The first kappa shape index (κ1) is 19.8. The molecule has 1 amide bonds. The average molecular weight is 413 g/mol. The zero-order valence-corrected chi connectivity index (χ0v) is 18.0. The molecule has 3 fully saturated rings. The van der Waals surface area contributed by atoms with E-state index in [0.29, 0.717) is 48.0 Å². The fraction of sp³-hybridized carbons (Fsp3) is 0.652. The van der Waals surface area contributed by atoms with Crippen LogP contribution in [0.25, 0.3) is 11.1 Å². The molecule has 30 heavy (non-hydrogen) atoms. The maximum atomic E-state index is 13.2. The van der Waals surface area contributed by atoms with Gasteiger partial charge in [-0.2, -0.15) is 4.98 Å². The van der Waals surface area contributed by atoms with Crippen molar-refractivity contribution in [3.8, 4) is 0 Å². The van der Waals surface area contributed by atoms with E-state index >= 15 is 0 Å². The van der Waals surface area contributed by atoms with Gasteiger partial charge in [0.2, 0.25) is 0 Å². The topological polar surface area (TPSA) is 70.8 Å². The Morgan fingerprint density at radius 1 is 1.27 bits per heavy atom. The summed E-state index contributed by atoms with van der Waals surface area (Å²) in [6, 6.07) is 7.88. The third-order valence-electron chi connectivity index (χ3n) is 7.27. The van der Waals surface area contributed by atoms with Crippen LogP contribution >= 0.6 is 0 Å². The van der Waals surface area contributed by atoms with Crippen LogP contribution in [0.5, 0.6) is 0 Å². The second kappa shape index (κ2) is 8.19. The molecule has 7 nitrogen and oxygen atoms in total. The Balaban J connectivity index is 1.36. The molecule has 3 atom stereocenters. The van der Waals surface area contributed by atoms with Crippen molar-refractivity contribution in [2.75, 3.05) is 31.7 Å². The monoisotopic (exact) mass is 412 g/mol. The van der Waals surface area contributed by atoms with Crippen molar-refractivity contribution in [3.63, 3.8) is 0 Å². The molecule has 3 aliphatic rings. The van der Waals surface area contributed by atoms with Gasteiger partial charge < -0.3 is 24.3 Å². The number of aromatic nitrogens is 1. The van der Waals surface area contributed by atoms with E-state index < -0.39 is 0 Å². The molecule has 7 heteroatoms. The summed E-state index contributed by atoms with van der Waals surface area (Å²) in [6.07, 6.45) is 6.81. The molecular formula is C23H32N4O3. The molecule has 5 rings (SSSR count). The summed E-state index contributed by atoms with van der Waals surface area (Å²) in [6.45, 7) is 4.25. The van der Waals surface area contributed by atoms with Gasteiger partial charge in [0.1, 0.15) is 5.52 Å². The Morgan fingerprint density at radius 2 is 2.07 bits per heavy atom. The van der Waals surface area contributed by atoms with Crippen molar-refractivity contribution in [2.24, 2.45) is 0 Å². The largest absolute Gasteiger partial charge is 0.423 e. The molecule has 1 aromatic carbocycles. The van der Waals surface area contributed by atoms with Gasteiger partial charge in [-0.25, -0.2) is 0 Å². The van der Waals surface area contributed by atoms with Crippen molar-refractivity contribution in [1.82, 2.24) is 15.2 Å². The van der Waals surface area contributed by atoms with Crippen LogP contribution < -0.4 is 10.2 Å². The maximum absolute atomic E-state index is 13.2. The highest BCUT2D eigenvalue weighted by molar-refractivity contribution is 6.04. The average Bonchev–Trinajstić information content (AvgIpc) is 3.18. The SMILES string of the molecule is CC[C@H]1COCCN1c1nc2c(C(=O)NC3C[C@H]4CCC[C@H](C3)N4C)cccc2o1. The first-order valence-corrected chi connectivity index (χ1v) is 11.4. The molecule has 1 N–H and O–H groups in total. The first-order chi connectivity index (χ1) is 14.6. The lowest BCUT2D eigenvalue weighted by Gasteiger charge is -2.47. The number of ether oxygens (including phenoxy) is 1. The molecular weight excluding hydrogens is 380 g/mol. The molecule has 1 aromatic heterocycles. The Morgan fingerprint density at radius 3 is 2.83 bits per heavy atom. The van der Waals surface area contributed by atoms with Gasteiger partial charge in [0.15, 0.2) is 5.58 Å². The number of piperidine rings is 2. The number of nitrogens with zero attached hydrogens (tertiary/aromatic N) is 3. The predicted molar refractivity (Wildman–Crippen MR) is 116 cm³/mol. The Hall–Kier alpha value is -2.12. The Kier molecular flexibility index (Phi) is 5.41. The van der Waals surface area contributed by atoms with Crippen LogP contribution in [0.4, 0.5) is 6.01 Å². The first-order valence-electron chi connectivity index (χ1n) is 11.4. The smallest absolute Gasteiger partial charge is 0.298 e. The normalized spacial score (nSPS) is 29.9. The van der Waals surface area contributed by atoms with Crippen LogP contribution in [-0.2, 0) is 4.74 Å². The molecule has 4 heterocycles. The highest BCUT2D eigenvalue weighted by Crippen LogP contribution is 2.33. The van der Waals surface area contributed by atoms with E-state index in [1.165, 1.54) is 19.3 Å². The van der Waals surface area contributed by atoms with E-state index in [1.807, 2.05) is 18.2 Å². The standard InChI is InChI=1S/C23H32N4O3/c1-3-16-14-29-11-10-27(16)23-25-21-19(8-5-9-20(21)30-23)22(28)24-15-12-17-6-4-7-18(13-15)26(17)2/h5,8-9,15-18H,3-4,6-7,10-14H2,1-2H3,(H,24,28)/t16-,17+,18+/m0/s1. The van der Waals surface area contributed by atoms with Gasteiger partial charge in [-0.3, -0.25) is 4.79 Å². The summed E-state index contributed by atoms with van der Waals surface area (Å²) in [5.41, 5.74) is 1.92. The van der Waals surface area contributed by atoms with Crippen molar-refractivity contribution < 1.29 is 13.9 Å². The fourth-order valence-electron chi connectivity index (χ4n) is 5.48. The lowest BCUT2D eigenvalue weighted by molar-refractivity contribution is 0.0463. The van der Waals surface area contributed by atoms with Gasteiger partial charge in [0.25, 0.3) is 11.9 Å². The highest BCUT2D eigenvalue weighted by atomic mass is 16.5. The zero-order valence-electron chi connectivity index (χ0n) is 18.0. The van der Waals surface area contributed by atoms with Gasteiger partial charge in [0, 0.05) is 24.7 Å². The molecule has 0 saturated carbocycles. The number of nitrogens with one attached hydrogen (secondary N) is 1. The summed E-state index contributed by atoms with van der Waals surface area (Å²) in [7, 11) is 2.24. The van der Waals surface area contributed by atoms with E-state index in [9.17, 15) is 4.79 Å². The van der Waals surface area contributed by atoms with E-state index in [4.69, 9.17) is 14.1 Å². The van der Waals surface area contributed by atoms with Gasteiger partial charge >= 0.3 is 0 Å². The van der Waals surface area contributed by atoms with Crippen LogP contribution in [0.2, 0.25) is 0 Å². The van der Waals surface area contributed by atoms with Gasteiger partial charge in [-0.15, -0.1) is 0 Å². The summed E-state index contributed by atoms with van der Waals surface area (Å²) >= 11 is 0. The summed E-state index contributed by atoms with van der Waals surface area (Å²) in [5, 5.41) is 3.30. The summed E-state index contributed by atoms with van der Waals surface area (Å²) in [5.74, 6) is -0.0397. The molecule has 2 aromatic rings. The number of fused-ring (bicyclic) bond motifs is 3. The van der Waals surface area contributed by atoms with E-state index in [0.717, 1.165) is 25.8 Å². The number of hydrogen-bond acceptors (Lipinski definition) is 6. The minimum absolute atomic E-state index is 0.0397. The number of hydrogen-bond donors (Lipinski definition) is 1. The van der Waals surface area contributed by atoms with Crippen molar-refractivity contribution >= 4 is 23.0 Å². The number of carbonyl (C=O) groups is 1. The van der Waals surface area contributed by atoms with Gasteiger partial charge in [-0.05, 0) is 51.3 Å². The lowest BCUT2D eigenvalue weighted by Crippen LogP contribution is -2.55. The number of anilines is 1. The zero-order chi connectivity index (χ0) is 20.7. The van der Waals surface area contributed by atoms with Crippen LogP contribution in [0.15, 0.2) is 22.6 Å². The van der Waals surface area contributed by atoms with Crippen LogP contribution in [0.3, 0.4) is 0 Å². The highest BCUT2D eigenvalue weighted by Gasteiger charge is 2.36. The summed E-state index contributed by atoms with van der Waals surface area (Å²) < 4.78 is 11.7. The maximum Gasteiger partial charge on any atom is 0.298 e. The third-order valence-corrected chi connectivity index (χ3v) is 7.27. The number of benzene rings is 1. The molecule has 2 bridgehead atoms. The molecule has 0 radical (unpaired) electrons. The summed E-state index contributed by atoms with van der Waals surface area (Å²) in [4.78, 5) is 22.6. The van der Waals surface area contributed by atoms with E-state index in [-0.39, 0.29) is 18.0 Å². The Labute approximate surface area is 177 Å². The van der Waals surface area contributed by atoms with Crippen molar-refractivity contribution in [1.29, 1.82) is 0 Å². The molecule has 0 aliphatic carbocycles.